The molecule has 0 spiro atoms. The van der Waals surface area contributed by atoms with E-state index >= 15 is 0 Å². The van der Waals surface area contributed by atoms with Gasteiger partial charge < -0.3 is 5.32 Å². The van der Waals surface area contributed by atoms with Gasteiger partial charge in [-0.1, -0.05) is 24.1 Å². The molecule has 1 atom stereocenters. The minimum absolute atomic E-state index is 0.0720. The van der Waals surface area contributed by atoms with Gasteiger partial charge in [-0.3, -0.25) is 0 Å². The van der Waals surface area contributed by atoms with Gasteiger partial charge in [-0.25, -0.2) is 0 Å². The Morgan fingerprint density at radius 3 is 2.80 bits per heavy atom. The standard InChI is InChI=1S/C12H13ClN2/c13-10-5-2-6-11(7-10)15-12(8-14)9-3-1-4-9/h2,5-7,9,12,15H,1,3-4H2. The predicted octanol–water partition coefficient (Wildman–Crippen LogP) is 3.44. The van der Waals surface area contributed by atoms with Crippen LogP contribution < -0.4 is 5.32 Å². The van der Waals surface area contributed by atoms with Crippen molar-refractivity contribution < 1.29 is 0 Å². The van der Waals surface area contributed by atoms with Crippen LogP contribution in [0.5, 0.6) is 0 Å². The van der Waals surface area contributed by atoms with Crippen LogP contribution in [0.2, 0.25) is 5.02 Å². The Hall–Kier alpha value is -1.20. The first-order valence-electron chi connectivity index (χ1n) is 5.21. The highest BCUT2D eigenvalue weighted by Gasteiger charge is 2.26. The second-order valence-corrected chi connectivity index (χ2v) is 4.39. The zero-order valence-corrected chi connectivity index (χ0v) is 9.17. The first kappa shape index (κ1) is 10.3. The summed E-state index contributed by atoms with van der Waals surface area (Å²) in [4.78, 5) is 0. The summed E-state index contributed by atoms with van der Waals surface area (Å²) in [7, 11) is 0. The summed E-state index contributed by atoms with van der Waals surface area (Å²) in [5, 5.41) is 13.0. The van der Waals surface area contributed by atoms with E-state index in [2.05, 4.69) is 11.4 Å². The summed E-state index contributed by atoms with van der Waals surface area (Å²) < 4.78 is 0. The van der Waals surface area contributed by atoms with Crippen molar-refractivity contribution in [1.29, 1.82) is 5.26 Å². The molecule has 1 fully saturated rings. The molecule has 0 radical (unpaired) electrons. The van der Waals surface area contributed by atoms with Crippen molar-refractivity contribution in [3.8, 4) is 6.07 Å². The van der Waals surface area contributed by atoms with Gasteiger partial charge in [0.2, 0.25) is 0 Å². The molecule has 78 valence electrons. The van der Waals surface area contributed by atoms with E-state index in [0.29, 0.717) is 10.9 Å². The van der Waals surface area contributed by atoms with Crippen LogP contribution in [0.15, 0.2) is 24.3 Å². The normalized spacial score (nSPS) is 17.6. The van der Waals surface area contributed by atoms with Crippen LogP contribution in [0, 0.1) is 17.2 Å². The van der Waals surface area contributed by atoms with Gasteiger partial charge in [-0.2, -0.15) is 5.26 Å². The average Bonchev–Trinajstić information content (AvgIpc) is 2.14. The smallest absolute Gasteiger partial charge is 0.117 e. The number of halogens is 1. The van der Waals surface area contributed by atoms with Crippen molar-refractivity contribution in [1.82, 2.24) is 0 Å². The lowest BCUT2D eigenvalue weighted by molar-refractivity contribution is 0.303. The molecule has 0 aliphatic heterocycles. The van der Waals surface area contributed by atoms with Crippen LogP contribution in [0.1, 0.15) is 19.3 Å². The molecule has 0 heterocycles. The van der Waals surface area contributed by atoms with Gasteiger partial charge in [-0.15, -0.1) is 0 Å². The van der Waals surface area contributed by atoms with E-state index in [1.807, 2.05) is 24.3 Å². The van der Waals surface area contributed by atoms with Crippen LogP contribution in [-0.2, 0) is 0 Å². The lowest BCUT2D eigenvalue weighted by Crippen LogP contribution is -2.32. The summed E-state index contributed by atoms with van der Waals surface area (Å²) in [6.45, 7) is 0. The van der Waals surface area contributed by atoms with E-state index in [1.54, 1.807) is 0 Å². The van der Waals surface area contributed by atoms with Gasteiger partial charge in [0.05, 0.1) is 6.07 Å². The number of nitriles is 1. The Morgan fingerprint density at radius 2 is 2.27 bits per heavy atom. The Bertz CT molecular complexity index is 379. The molecule has 0 saturated heterocycles. The third-order valence-electron chi connectivity index (χ3n) is 2.91. The maximum Gasteiger partial charge on any atom is 0.117 e. The highest BCUT2D eigenvalue weighted by molar-refractivity contribution is 6.30. The molecule has 0 bridgehead atoms. The molecular formula is C12H13ClN2. The highest BCUT2D eigenvalue weighted by Crippen LogP contribution is 2.31. The summed E-state index contributed by atoms with van der Waals surface area (Å²) in [5.41, 5.74) is 0.931. The van der Waals surface area contributed by atoms with Crippen LogP contribution in [0.3, 0.4) is 0 Å². The summed E-state index contributed by atoms with van der Waals surface area (Å²) in [6.07, 6.45) is 3.57. The number of rotatable bonds is 3. The Balaban J connectivity index is 2.03. The number of nitrogens with one attached hydrogen (secondary N) is 1. The first-order valence-corrected chi connectivity index (χ1v) is 5.59. The largest absolute Gasteiger partial charge is 0.370 e. The quantitative estimate of drug-likeness (QED) is 0.847. The van der Waals surface area contributed by atoms with Gasteiger partial charge in [0.1, 0.15) is 6.04 Å². The minimum atomic E-state index is -0.0720. The zero-order valence-electron chi connectivity index (χ0n) is 8.41. The van der Waals surface area contributed by atoms with Crippen LogP contribution >= 0.6 is 11.6 Å². The molecular weight excluding hydrogens is 208 g/mol. The monoisotopic (exact) mass is 220 g/mol. The molecule has 2 nitrogen and oxygen atoms in total. The molecule has 1 aromatic rings. The fourth-order valence-electron chi connectivity index (χ4n) is 1.79. The van der Waals surface area contributed by atoms with E-state index in [-0.39, 0.29) is 6.04 Å². The summed E-state index contributed by atoms with van der Waals surface area (Å²) in [6, 6.07) is 9.76. The Kier molecular flexibility index (Phi) is 3.13. The fourth-order valence-corrected chi connectivity index (χ4v) is 1.98. The van der Waals surface area contributed by atoms with Crippen LogP contribution in [0.4, 0.5) is 5.69 Å². The molecule has 0 aromatic heterocycles. The molecule has 2 rings (SSSR count). The molecule has 1 saturated carbocycles. The van der Waals surface area contributed by atoms with E-state index in [0.717, 1.165) is 18.5 Å². The molecule has 1 unspecified atom stereocenters. The molecule has 15 heavy (non-hydrogen) atoms. The molecule has 1 aliphatic rings. The second kappa shape index (κ2) is 4.55. The lowest BCUT2D eigenvalue weighted by atomic mass is 9.80. The van der Waals surface area contributed by atoms with E-state index in [1.165, 1.54) is 6.42 Å². The van der Waals surface area contributed by atoms with Crippen molar-refractivity contribution >= 4 is 17.3 Å². The third kappa shape index (κ3) is 2.43. The van der Waals surface area contributed by atoms with Crippen molar-refractivity contribution in [3.05, 3.63) is 29.3 Å². The SMILES string of the molecule is N#CC(Nc1cccc(Cl)c1)C1CCC1. The fraction of sp³-hybridized carbons (Fsp3) is 0.417. The lowest BCUT2D eigenvalue weighted by Gasteiger charge is -2.30. The third-order valence-corrected chi connectivity index (χ3v) is 3.14. The van der Waals surface area contributed by atoms with Crippen molar-refractivity contribution in [2.24, 2.45) is 5.92 Å². The number of anilines is 1. The van der Waals surface area contributed by atoms with E-state index in [9.17, 15) is 0 Å². The number of hydrogen-bond acceptors (Lipinski definition) is 2. The maximum atomic E-state index is 9.05. The molecule has 0 amide bonds. The van der Waals surface area contributed by atoms with Crippen LogP contribution in [0.25, 0.3) is 0 Å². The Labute approximate surface area is 94.9 Å². The first-order chi connectivity index (χ1) is 7.29. The van der Waals surface area contributed by atoms with Gasteiger partial charge in [0, 0.05) is 10.7 Å². The van der Waals surface area contributed by atoms with Gasteiger partial charge in [-0.05, 0) is 37.0 Å². The summed E-state index contributed by atoms with van der Waals surface area (Å²) >= 11 is 5.88. The summed E-state index contributed by atoms with van der Waals surface area (Å²) in [5.74, 6) is 0.508. The molecule has 3 heteroatoms. The van der Waals surface area contributed by atoms with E-state index in [4.69, 9.17) is 16.9 Å². The molecule has 1 aromatic carbocycles. The topological polar surface area (TPSA) is 35.8 Å². The predicted molar refractivity (Wildman–Crippen MR) is 61.8 cm³/mol. The van der Waals surface area contributed by atoms with Gasteiger partial charge in [0.15, 0.2) is 0 Å². The molecule has 1 aliphatic carbocycles. The average molecular weight is 221 g/mol. The van der Waals surface area contributed by atoms with Crippen molar-refractivity contribution in [3.63, 3.8) is 0 Å². The van der Waals surface area contributed by atoms with Gasteiger partial charge in [0.25, 0.3) is 0 Å². The highest BCUT2D eigenvalue weighted by atomic mass is 35.5. The number of hydrogen-bond donors (Lipinski definition) is 1. The molecule has 1 N–H and O–H groups in total. The number of nitrogens with zero attached hydrogens (tertiary/aromatic N) is 1. The zero-order chi connectivity index (χ0) is 10.7. The van der Waals surface area contributed by atoms with Crippen molar-refractivity contribution in [2.45, 2.75) is 25.3 Å². The number of benzene rings is 1. The van der Waals surface area contributed by atoms with Gasteiger partial charge >= 0.3 is 0 Å². The van der Waals surface area contributed by atoms with Crippen molar-refractivity contribution in [2.75, 3.05) is 5.32 Å². The van der Waals surface area contributed by atoms with E-state index < -0.39 is 0 Å². The maximum absolute atomic E-state index is 9.05. The second-order valence-electron chi connectivity index (χ2n) is 3.95. The van der Waals surface area contributed by atoms with Crippen LogP contribution in [-0.4, -0.2) is 6.04 Å². The minimum Gasteiger partial charge on any atom is -0.370 e. The Morgan fingerprint density at radius 1 is 1.47 bits per heavy atom.